The smallest absolute Gasteiger partial charge is 0.332 e. The van der Waals surface area contributed by atoms with Gasteiger partial charge >= 0.3 is 11.1 Å². The van der Waals surface area contributed by atoms with Crippen LogP contribution in [0, 0.1) is 11.8 Å². The summed E-state index contributed by atoms with van der Waals surface area (Å²) in [6.45, 7) is 3.64. The molecule has 2 unspecified atom stereocenters. The molecule has 3 aliphatic rings. The third-order valence-corrected chi connectivity index (χ3v) is 6.52. The van der Waals surface area contributed by atoms with Crippen molar-refractivity contribution in [3.63, 3.8) is 0 Å². The van der Waals surface area contributed by atoms with E-state index in [-0.39, 0.29) is 5.92 Å². The Morgan fingerprint density at radius 2 is 2.04 bits per heavy atom. The topological polar surface area (TPSA) is 82.2 Å². The summed E-state index contributed by atoms with van der Waals surface area (Å²) in [7, 11) is 1.64. The Morgan fingerprint density at radius 1 is 1.18 bits per heavy atom. The van der Waals surface area contributed by atoms with Gasteiger partial charge in [-0.15, -0.1) is 0 Å². The molecule has 2 atom stereocenters. The molecular formula is C20H25N5O3. The van der Waals surface area contributed by atoms with Gasteiger partial charge in [0.1, 0.15) is 5.82 Å². The third kappa shape index (κ3) is 2.87. The molecule has 1 saturated heterocycles. The Labute approximate surface area is 162 Å². The van der Waals surface area contributed by atoms with Crippen LogP contribution < -0.4 is 15.9 Å². The summed E-state index contributed by atoms with van der Waals surface area (Å²) in [6, 6.07) is 3.96. The molecule has 1 aliphatic carbocycles. The zero-order valence-electron chi connectivity index (χ0n) is 16.1. The molecule has 2 fully saturated rings. The highest BCUT2D eigenvalue weighted by molar-refractivity contribution is 5.25. The van der Waals surface area contributed by atoms with Crippen LogP contribution in [0.4, 0.5) is 0 Å². The minimum atomic E-state index is -0.465. The third-order valence-electron chi connectivity index (χ3n) is 6.52. The predicted molar refractivity (Wildman–Crippen MR) is 102 cm³/mol. The lowest BCUT2D eigenvalue weighted by Crippen LogP contribution is -2.45. The van der Waals surface area contributed by atoms with E-state index >= 15 is 0 Å². The fourth-order valence-corrected chi connectivity index (χ4v) is 4.82. The van der Waals surface area contributed by atoms with Crippen molar-refractivity contribution in [1.82, 2.24) is 24.2 Å². The summed E-state index contributed by atoms with van der Waals surface area (Å²) < 4.78 is 8.43. The molecule has 2 aliphatic heterocycles. The van der Waals surface area contributed by atoms with Crippen LogP contribution in [0.3, 0.4) is 0 Å². The van der Waals surface area contributed by atoms with E-state index < -0.39 is 11.1 Å². The summed E-state index contributed by atoms with van der Waals surface area (Å²) in [5, 5.41) is 4.66. The Balaban J connectivity index is 1.38. The normalized spacial score (nSPS) is 24.0. The van der Waals surface area contributed by atoms with Gasteiger partial charge in [-0.05, 0) is 24.8 Å². The number of pyridine rings is 1. The summed E-state index contributed by atoms with van der Waals surface area (Å²) in [5.41, 5.74) is 0.192. The van der Waals surface area contributed by atoms with Gasteiger partial charge in [-0.2, -0.15) is 5.10 Å². The van der Waals surface area contributed by atoms with Crippen LogP contribution in [-0.2, 0) is 19.6 Å². The number of nitrogens with zero attached hydrogens (tertiary/aromatic N) is 5. The lowest BCUT2D eigenvalue weighted by Gasteiger charge is -2.25. The second-order valence-electron chi connectivity index (χ2n) is 8.29. The van der Waals surface area contributed by atoms with Crippen LogP contribution in [-0.4, -0.2) is 44.4 Å². The van der Waals surface area contributed by atoms with Gasteiger partial charge < -0.3 is 4.74 Å². The first-order valence-electron chi connectivity index (χ1n) is 10.1. The molecule has 0 spiro atoms. The van der Waals surface area contributed by atoms with Gasteiger partial charge in [-0.3, -0.25) is 19.1 Å². The van der Waals surface area contributed by atoms with Crippen molar-refractivity contribution in [2.75, 3.05) is 20.2 Å². The first kappa shape index (κ1) is 17.6. The summed E-state index contributed by atoms with van der Waals surface area (Å²) in [4.78, 5) is 31.7. The van der Waals surface area contributed by atoms with Crippen LogP contribution in [0.5, 0.6) is 5.88 Å². The fraction of sp³-hybridized carbons (Fsp3) is 0.600. The maximum atomic E-state index is 12.6. The van der Waals surface area contributed by atoms with Crippen molar-refractivity contribution < 1.29 is 4.74 Å². The molecule has 8 nitrogen and oxygen atoms in total. The van der Waals surface area contributed by atoms with Crippen LogP contribution in [0.1, 0.15) is 36.6 Å². The highest BCUT2D eigenvalue weighted by Gasteiger charge is 2.43. The summed E-state index contributed by atoms with van der Waals surface area (Å²) in [5.74, 6) is 2.45. The molecule has 1 saturated carbocycles. The van der Waals surface area contributed by atoms with E-state index in [1.54, 1.807) is 17.9 Å². The fourth-order valence-electron chi connectivity index (χ4n) is 4.82. The SMILES string of the molecule is COc1ncccc1CN1CC2Cn3c(nn(CC4CCC4)c(=O)c3=O)C2C1. The number of hydrogen-bond acceptors (Lipinski definition) is 6. The lowest BCUT2D eigenvalue weighted by molar-refractivity contribution is 0.256. The molecule has 0 aromatic carbocycles. The number of fused-ring (bicyclic) bond motifs is 3. The molecule has 2 aromatic rings. The van der Waals surface area contributed by atoms with E-state index in [9.17, 15) is 9.59 Å². The first-order chi connectivity index (χ1) is 13.6. The van der Waals surface area contributed by atoms with E-state index in [0.717, 1.165) is 43.9 Å². The van der Waals surface area contributed by atoms with Crippen molar-refractivity contribution in [2.24, 2.45) is 11.8 Å². The van der Waals surface area contributed by atoms with Gasteiger partial charge in [0.2, 0.25) is 5.88 Å². The second kappa shape index (κ2) is 6.84. The first-order valence-corrected chi connectivity index (χ1v) is 10.1. The van der Waals surface area contributed by atoms with Crippen molar-refractivity contribution in [3.8, 4) is 5.88 Å². The molecule has 5 rings (SSSR count). The molecule has 148 valence electrons. The molecule has 0 bridgehead atoms. The molecule has 2 aromatic heterocycles. The molecule has 0 amide bonds. The average molecular weight is 383 g/mol. The monoisotopic (exact) mass is 383 g/mol. The maximum Gasteiger partial charge on any atom is 0.332 e. The summed E-state index contributed by atoms with van der Waals surface area (Å²) >= 11 is 0. The van der Waals surface area contributed by atoms with Crippen molar-refractivity contribution in [3.05, 3.63) is 50.4 Å². The van der Waals surface area contributed by atoms with Crippen LogP contribution in [0.25, 0.3) is 0 Å². The number of hydrogen-bond donors (Lipinski definition) is 0. The second-order valence-corrected chi connectivity index (χ2v) is 8.29. The summed E-state index contributed by atoms with van der Waals surface area (Å²) in [6.07, 6.45) is 5.19. The van der Waals surface area contributed by atoms with Crippen molar-refractivity contribution in [1.29, 1.82) is 0 Å². The van der Waals surface area contributed by atoms with E-state index in [1.807, 2.05) is 12.1 Å². The van der Waals surface area contributed by atoms with Gasteiger partial charge in [0.25, 0.3) is 0 Å². The molecule has 0 radical (unpaired) electrons. The minimum Gasteiger partial charge on any atom is -0.481 e. The van der Waals surface area contributed by atoms with Crippen LogP contribution in [0.2, 0.25) is 0 Å². The van der Waals surface area contributed by atoms with E-state index in [2.05, 4.69) is 15.0 Å². The molecule has 4 heterocycles. The Kier molecular flexibility index (Phi) is 4.30. The number of methoxy groups -OCH3 is 1. The standard InChI is InChI=1S/C20H25N5O3/c1-28-18-14(6-3-7-21-18)9-23-10-15-11-24-17(16(15)12-23)22-25(20(27)19(24)26)8-13-4-2-5-13/h3,6-7,13,15-16H,2,4-5,8-12H2,1H3. The van der Waals surface area contributed by atoms with Gasteiger partial charge in [-0.1, -0.05) is 12.5 Å². The molecular weight excluding hydrogens is 358 g/mol. The van der Waals surface area contributed by atoms with E-state index in [4.69, 9.17) is 4.74 Å². The molecule has 0 N–H and O–H groups in total. The van der Waals surface area contributed by atoms with Crippen LogP contribution >= 0.6 is 0 Å². The number of aromatic nitrogens is 4. The Bertz CT molecular complexity index is 1010. The number of likely N-dealkylation sites (tertiary alicyclic amines) is 1. The largest absolute Gasteiger partial charge is 0.481 e. The highest BCUT2D eigenvalue weighted by atomic mass is 16.5. The number of ether oxygens (including phenoxy) is 1. The number of rotatable bonds is 5. The zero-order chi connectivity index (χ0) is 19.3. The average Bonchev–Trinajstić information content (AvgIpc) is 3.20. The van der Waals surface area contributed by atoms with Gasteiger partial charge in [0, 0.05) is 56.3 Å². The van der Waals surface area contributed by atoms with E-state index in [0.29, 0.717) is 30.8 Å². The lowest BCUT2D eigenvalue weighted by atomic mass is 9.85. The van der Waals surface area contributed by atoms with Gasteiger partial charge in [-0.25, -0.2) is 9.67 Å². The van der Waals surface area contributed by atoms with Crippen molar-refractivity contribution >= 4 is 0 Å². The maximum absolute atomic E-state index is 12.6. The Hall–Kier alpha value is -2.48. The highest BCUT2D eigenvalue weighted by Crippen LogP contribution is 2.38. The zero-order valence-corrected chi connectivity index (χ0v) is 16.1. The minimum absolute atomic E-state index is 0.198. The van der Waals surface area contributed by atoms with Gasteiger partial charge in [0.15, 0.2) is 0 Å². The van der Waals surface area contributed by atoms with Gasteiger partial charge in [0.05, 0.1) is 7.11 Å². The quantitative estimate of drug-likeness (QED) is 0.712. The molecule has 28 heavy (non-hydrogen) atoms. The van der Waals surface area contributed by atoms with E-state index in [1.165, 1.54) is 11.1 Å². The van der Waals surface area contributed by atoms with Crippen molar-refractivity contribution in [2.45, 2.75) is 44.8 Å². The molecule has 8 heteroatoms. The van der Waals surface area contributed by atoms with Crippen LogP contribution in [0.15, 0.2) is 27.9 Å². The predicted octanol–water partition coefficient (Wildman–Crippen LogP) is 0.838. The Morgan fingerprint density at radius 3 is 2.79 bits per heavy atom.